The van der Waals surface area contributed by atoms with Gasteiger partial charge in [-0.3, -0.25) is 4.79 Å². The van der Waals surface area contributed by atoms with Gasteiger partial charge in [0.2, 0.25) is 0 Å². The predicted octanol–water partition coefficient (Wildman–Crippen LogP) is 3.12. The van der Waals surface area contributed by atoms with Gasteiger partial charge in [-0.1, -0.05) is 29.8 Å². The van der Waals surface area contributed by atoms with Crippen molar-refractivity contribution in [1.82, 2.24) is 5.32 Å². The molecule has 1 aromatic carbocycles. The van der Waals surface area contributed by atoms with Crippen LogP contribution in [0.4, 0.5) is 13.2 Å². The highest BCUT2D eigenvalue weighted by molar-refractivity contribution is 5.94. The zero-order chi connectivity index (χ0) is 13.8. The van der Waals surface area contributed by atoms with E-state index in [0.29, 0.717) is 12.6 Å². The summed E-state index contributed by atoms with van der Waals surface area (Å²) in [4.78, 5) is 10.7. The number of benzene rings is 1. The average Bonchev–Trinajstić information content (AvgIpc) is 2.27. The monoisotopic (exact) mass is 257 g/mol. The molecule has 0 heterocycles. The molecule has 0 unspecified atom stereocenters. The second kappa shape index (κ2) is 5.71. The zero-order valence-electron chi connectivity index (χ0n) is 10.1. The zero-order valence-corrected chi connectivity index (χ0v) is 10.1. The molecule has 5 heteroatoms. The Bertz CT molecular complexity index is 446. The van der Waals surface area contributed by atoms with Crippen molar-refractivity contribution < 1.29 is 18.0 Å². The van der Waals surface area contributed by atoms with Gasteiger partial charge in [-0.05, 0) is 19.4 Å². The number of aryl methyl sites for hydroxylation is 1. The molecule has 2 nitrogen and oxygen atoms in total. The molecule has 1 rings (SSSR count). The number of rotatable bonds is 4. The maximum Gasteiger partial charge on any atom is 0.454 e. The van der Waals surface area contributed by atoms with Crippen molar-refractivity contribution in [2.75, 3.05) is 0 Å². The molecule has 0 aliphatic carbocycles. The van der Waals surface area contributed by atoms with Crippen molar-refractivity contribution in [1.29, 1.82) is 0 Å². The summed E-state index contributed by atoms with van der Waals surface area (Å²) in [7, 11) is 0. The summed E-state index contributed by atoms with van der Waals surface area (Å²) in [6.45, 7) is 3.76. The molecule has 1 aromatic rings. The van der Waals surface area contributed by atoms with Gasteiger partial charge < -0.3 is 5.32 Å². The molecule has 0 spiro atoms. The van der Waals surface area contributed by atoms with Gasteiger partial charge >= 0.3 is 6.18 Å². The highest BCUT2D eigenvalue weighted by atomic mass is 19.4. The second-order valence-corrected chi connectivity index (χ2v) is 4.03. The Morgan fingerprint density at radius 3 is 2.33 bits per heavy atom. The van der Waals surface area contributed by atoms with E-state index in [1.165, 1.54) is 6.92 Å². The third kappa shape index (κ3) is 4.61. The van der Waals surface area contributed by atoms with Gasteiger partial charge in [0.25, 0.3) is 5.78 Å². The average molecular weight is 257 g/mol. The van der Waals surface area contributed by atoms with E-state index in [4.69, 9.17) is 0 Å². The minimum Gasteiger partial charge on any atom is -0.384 e. The SMILES string of the molecule is C/C(=C\C(=O)C(F)(F)F)NCc1ccc(C)cc1. The fourth-order valence-electron chi connectivity index (χ4n) is 1.28. The second-order valence-electron chi connectivity index (χ2n) is 4.03. The quantitative estimate of drug-likeness (QED) is 0.840. The standard InChI is InChI=1S/C13H14F3NO/c1-9-3-5-11(6-4-9)8-17-10(2)7-12(18)13(14,15)16/h3-7,17H,8H2,1-2H3/b10-7+. The van der Waals surface area contributed by atoms with Crippen LogP contribution in [0.1, 0.15) is 18.1 Å². The summed E-state index contributed by atoms with van der Waals surface area (Å²) in [6.07, 6.45) is -4.25. The molecule has 0 bridgehead atoms. The molecular weight excluding hydrogens is 243 g/mol. The number of hydrogen-bond acceptors (Lipinski definition) is 2. The third-order valence-corrected chi connectivity index (χ3v) is 2.32. The van der Waals surface area contributed by atoms with Gasteiger partial charge in [-0.15, -0.1) is 0 Å². The Labute approximate surface area is 104 Å². The number of halogens is 3. The van der Waals surface area contributed by atoms with E-state index >= 15 is 0 Å². The Balaban J connectivity index is 2.56. The van der Waals surface area contributed by atoms with E-state index < -0.39 is 12.0 Å². The van der Waals surface area contributed by atoms with Crippen molar-refractivity contribution >= 4 is 5.78 Å². The molecular formula is C13H14F3NO. The summed E-state index contributed by atoms with van der Waals surface area (Å²) >= 11 is 0. The van der Waals surface area contributed by atoms with Gasteiger partial charge in [0.05, 0.1) is 0 Å². The van der Waals surface area contributed by atoms with E-state index in [9.17, 15) is 18.0 Å². The van der Waals surface area contributed by atoms with Crippen LogP contribution >= 0.6 is 0 Å². The van der Waals surface area contributed by atoms with Gasteiger partial charge in [0, 0.05) is 18.3 Å². The number of nitrogens with one attached hydrogen (secondary N) is 1. The largest absolute Gasteiger partial charge is 0.454 e. The van der Waals surface area contributed by atoms with E-state index in [1.54, 1.807) is 0 Å². The van der Waals surface area contributed by atoms with Crippen molar-refractivity contribution in [2.24, 2.45) is 0 Å². The fraction of sp³-hybridized carbons (Fsp3) is 0.308. The molecule has 1 N–H and O–H groups in total. The van der Waals surface area contributed by atoms with E-state index in [1.807, 2.05) is 31.2 Å². The molecule has 0 fully saturated rings. The van der Waals surface area contributed by atoms with Crippen LogP contribution in [0.25, 0.3) is 0 Å². The highest BCUT2D eigenvalue weighted by Crippen LogP contribution is 2.17. The van der Waals surface area contributed by atoms with E-state index in [2.05, 4.69) is 5.32 Å². The highest BCUT2D eigenvalue weighted by Gasteiger charge is 2.36. The number of alkyl halides is 3. The summed E-state index contributed by atoms with van der Waals surface area (Å²) in [5.74, 6) is -1.85. The van der Waals surface area contributed by atoms with Crippen LogP contribution in [0.15, 0.2) is 36.0 Å². The van der Waals surface area contributed by atoms with Gasteiger partial charge in [-0.2, -0.15) is 13.2 Å². The first kappa shape index (κ1) is 14.3. The predicted molar refractivity (Wildman–Crippen MR) is 62.8 cm³/mol. The van der Waals surface area contributed by atoms with Gasteiger partial charge in [0.15, 0.2) is 0 Å². The molecule has 0 atom stereocenters. The van der Waals surface area contributed by atoms with E-state index in [0.717, 1.165) is 11.1 Å². The molecule has 98 valence electrons. The minimum absolute atomic E-state index is 0.193. The molecule has 0 saturated heterocycles. The van der Waals surface area contributed by atoms with Crippen LogP contribution in [-0.4, -0.2) is 12.0 Å². The number of ketones is 1. The topological polar surface area (TPSA) is 29.1 Å². The van der Waals surface area contributed by atoms with Crippen LogP contribution in [0.5, 0.6) is 0 Å². The molecule has 0 radical (unpaired) electrons. The van der Waals surface area contributed by atoms with Crippen LogP contribution in [0.2, 0.25) is 0 Å². The number of allylic oxidation sites excluding steroid dienone is 2. The van der Waals surface area contributed by atoms with Crippen molar-refractivity contribution in [2.45, 2.75) is 26.6 Å². The molecule has 0 aromatic heterocycles. The fourth-order valence-corrected chi connectivity index (χ4v) is 1.28. The molecule has 0 amide bonds. The maximum absolute atomic E-state index is 12.0. The lowest BCUT2D eigenvalue weighted by molar-refractivity contribution is -0.165. The lowest BCUT2D eigenvalue weighted by Gasteiger charge is -2.07. The van der Waals surface area contributed by atoms with Crippen molar-refractivity contribution in [3.63, 3.8) is 0 Å². The lowest BCUT2D eigenvalue weighted by Crippen LogP contribution is -2.22. The van der Waals surface area contributed by atoms with Crippen molar-refractivity contribution in [3.05, 3.63) is 47.2 Å². The molecule has 18 heavy (non-hydrogen) atoms. The third-order valence-electron chi connectivity index (χ3n) is 2.32. The lowest BCUT2D eigenvalue weighted by atomic mass is 10.1. The molecule has 0 aliphatic heterocycles. The Morgan fingerprint density at radius 1 is 1.28 bits per heavy atom. The number of hydrogen-bond donors (Lipinski definition) is 1. The first-order valence-electron chi connectivity index (χ1n) is 5.38. The van der Waals surface area contributed by atoms with E-state index in [-0.39, 0.29) is 5.70 Å². The summed E-state index contributed by atoms with van der Waals surface area (Å²) < 4.78 is 36.0. The maximum atomic E-state index is 12.0. The van der Waals surface area contributed by atoms with Crippen LogP contribution in [0, 0.1) is 6.92 Å². The smallest absolute Gasteiger partial charge is 0.384 e. The molecule has 0 saturated carbocycles. The first-order chi connectivity index (χ1) is 8.29. The van der Waals surface area contributed by atoms with Gasteiger partial charge in [-0.25, -0.2) is 0 Å². The van der Waals surface area contributed by atoms with Crippen LogP contribution in [-0.2, 0) is 11.3 Å². The Morgan fingerprint density at radius 2 is 1.83 bits per heavy atom. The van der Waals surface area contributed by atoms with Crippen molar-refractivity contribution in [3.8, 4) is 0 Å². The normalized spacial score (nSPS) is 12.4. The number of carbonyl (C=O) groups is 1. The first-order valence-corrected chi connectivity index (χ1v) is 5.38. The number of carbonyl (C=O) groups excluding carboxylic acids is 1. The Kier molecular flexibility index (Phi) is 4.53. The van der Waals surface area contributed by atoms with Gasteiger partial charge in [0.1, 0.15) is 0 Å². The Hall–Kier alpha value is -1.78. The van der Waals surface area contributed by atoms with Crippen LogP contribution < -0.4 is 5.32 Å². The van der Waals surface area contributed by atoms with Crippen LogP contribution in [0.3, 0.4) is 0 Å². The minimum atomic E-state index is -4.81. The summed E-state index contributed by atoms with van der Waals surface area (Å²) in [6, 6.07) is 7.58. The summed E-state index contributed by atoms with van der Waals surface area (Å²) in [5, 5.41) is 2.76. The molecule has 0 aliphatic rings. The summed E-state index contributed by atoms with van der Waals surface area (Å²) in [5.41, 5.74) is 2.24.